The Balaban J connectivity index is 2.00. The predicted molar refractivity (Wildman–Crippen MR) is 33.6 cm³/mol. The highest BCUT2D eigenvalue weighted by molar-refractivity contribution is 5.72. The van der Waals surface area contributed by atoms with Crippen molar-refractivity contribution in [1.29, 1.82) is 0 Å². The van der Waals surface area contributed by atoms with Crippen molar-refractivity contribution in [2.45, 2.75) is 18.9 Å². The molecule has 2 rings (SSSR count). The molecule has 0 unspecified atom stereocenters. The van der Waals surface area contributed by atoms with Crippen LogP contribution < -0.4 is 0 Å². The molecule has 0 radical (unpaired) electrons. The molecule has 2 fully saturated rings. The van der Waals surface area contributed by atoms with E-state index in [1.807, 2.05) is 0 Å². The van der Waals surface area contributed by atoms with Crippen LogP contribution in [0.5, 0.6) is 0 Å². The Morgan fingerprint density at radius 3 is 3.00 bits per heavy atom. The summed E-state index contributed by atoms with van der Waals surface area (Å²) >= 11 is 0. The van der Waals surface area contributed by atoms with Gasteiger partial charge in [0.05, 0.1) is 12.0 Å². The summed E-state index contributed by atoms with van der Waals surface area (Å²) in [4.78, 5) is 10.4. The average Bonchev–Trinajstić information content (AvgIpc) is 2.11. The van der Waals surface area contributed by atoms with Crippen LogP contribution in [0.4, 0.5) is 0 Å². The number of fused-ring (bicyclic) bond motifs is 1. The standard InChI is InChI=1S/C7H10O3/c8-7(9)5-3-4-1-2-10-6(4)5/h4-6H,1-3H2,(H,8,9)/t4-,5-,6-/m0/s1. The molecule has 0 aromatic carbocycles. The van der Waals surface area contributed by atoms with Crippen molar-refractivity contribution in [2.24, 2.45) is 11.8 Å². The average molecular weight is 142 g/mol. The maximum absolute atomic E-state index is 10.4. The molecule has 1 aliphatic carbocycles. The summed E-state index contributed by atoms with van der Waals surface area (Å²) in [5.41, 5.74) is 0. The number of aliphatic carboxylic acids is 1. The van der Waals surface area contributed by atoms with E-state index < -0.39 is 5.97 Å². The van der Waals surface area contributed by atoms with Crippen LogP contribution in [0.25, 0.3) is 0 Å². The third kappa shape index (κ3) is 0.669. The number of rotatable bonds is 1. The summed E-state index contributed by atoms with van der Waals surface area (Å²) in [5.74, 6) is -0.336. The normalized spacial score (nSPS) is 44.2. The Morgan fingerprint density at radius 1 is 1.60 bits per heavy atom. The van der Waals surface area contributed by atoms with E-state index in [0.29, 0.717) is 5.92 Å². The van der Waals surface area contributed by atoms with Gasteiger partial charge in [-0.3, -0.25) is 4.79 Å². The van der Waals surface area contributed by atoms with Gasteiger partial charge in [0.25, 0.3) is 0 Å². The molecule has 0 aromatic heterocycles. The van der Waals surface area contributed by atoms with E-state index >= 15 is 0 Å². The molecule has 0 spiro atoms. The molecule has 10 heavy (non-hydrogen) atoms. The molecule has 3 nitrogen and oxygen atoms in total. The number of hydrogen-bond donors (Lipinski definition) is 1. The third-order valence-corrected chi connectivity index (χ3v) is 2.53. The number of carboxylic acid groups (broad SMARTS) is 1. The van der Waals surface area contributed by atoms with Crippen molar-refractivity contribution in [3.63, 3.8) is 0 Å². The molecule has 3 heteroatoms. The van der Waals surface area contributed by atoms with E-state index in [4.69, 9.17) is 9.84 Å². The highest BCUT2D eigenvalue weighted by atomic mass is 16.5. The van der Waals surface area contributed by atoms with Gasteiger partial charge in [0.15, 0.2) is 0 Å². The maximum atomic E-state index is 10.4. The van der Waals surface area contributed by atoms with E-state index in [2.05, 4.69) is 0 Å². The van der Waals surface area contributed by atoms with Crippen LogP contribution in [0.2, 0.25) is 0 Å². The molecule has 1 aliphatic heterocycles. The van der Waals surface area contributed by atoms with E-state index in [9.17, 15) is 4.79 Å². The lowest BCUT2D eigenvalue weighted by Gasteiger charge is -2.35. The SMILES string of the molecule is O=C(O)[C@H]1C[C@@H]2CCO[C@@H]21. The lowest BCUT2D eigenvalue weighted by Crippen LogP contribution is -2.43. The first-order valence-corrected chi connectivity index (χ1v) is 3.63. The van der Waals surface area contributed by atoms with Gasteiger partial charge in [-0.1, -0.05) is 0 Å². The van der Waals surface area contributed by atoms with Crippen molar-refractivity contribution >= 4 is 5.97 Å². The first kappa shape index (κ1) is 6.16. The van der Waals surface area contributed by atoms with Gasteiger partial charge >= 0.3 is 5.97 Å². The number of ether oxygens (including phenoxy) is 1. The Bertz CT molecular complexity index is 166. The molecule has 0 aromatic rings. The van der Waals surface area contributed by atoms with E-state index in [1.165, 1.54) is 0 Å². The number of hydrogen-bond acceptors (Lipinski definition) is 2. The first-order valence-electron chi connectivity index (χ1n) is 3.63. The Labute approximate surface area is 59.0 Å². The van der Waals surface area contributed by atoms with Crippen LogP contribution in [0.15, 0.2) is 0 Å². The van der Waals surface area contributed by atoms with Crippen LogP contribution in [-0.2, 0) is 9.53 Å². The molecule has 1 heterocycles. The van der Waals surface area contributed by atoms with Gasteiger partial charge < -0.3 is 9.84 Å². The molecule has 1 saturated heterocycles. The second-order valence-corrected chi connectivity index (χ2v) is 3.06. The fourth-order valence-corrected chi connectivity index (χ4v) is 1.86. The Kier molecular flexibility index (Phi) is 1.20. The van der Waals surface area contributed by atoms with Gasteiger partial charge in [0.2, 0.25) is 0 Å². The minimum absolute atomic E-state index is 0.0532. The Morgan fingerprint density at radius 2 is 2.40 bits per heavy atom. The number of carbonyl (C=O) groups is 1. The molecular weight excluding hydrogens is 132 g/mol. The maximum Gasteiger partial charge on any atom is 0.309 e. The molecule has 2 aliphatic rings. The van der Waals surface area contributed by atoms with E-state index in [1.54, 1.807) is 0 Å². The molecule has 56 valence electrons. The molecule has 3 atom stereocenters. The van der Waals surface area contributed by atoms with Gasteiger partial charge in [-0.2, -0.15) is 0 Å². The van der Waals surface area contributed by atoms with Crippen LogP contribution in [0.3, 0.4) is 0 Å². The zero-order chi connectivity index (χ0) is 7.14. The smallest absolute Gasteiger partial charge is 0.309 e. The van der Waals surface area contributed by atoms with Gasteiger partial charge in [0, 0.05) is 6.61 Å². The second-order valence-electron chi connectivity index (χ2n) is 3.06. The predicted octanol–water partition coefficient (Wildman–Crippen LogP) is 0.496. The van der Waals surface area contributed by atoms with Crippen LogP contribution in [0, 0.1) is 11.8 Å². The first-order chi connectivity index (χ1) is 4.79. The van der Waals surface area contributed by atoms with E-state index in [-0.39, 0.29) is 12.0 Å². The third-order valence-electron chi connectivity index (χ3n) is 2.53. The van der Waals surface area contributed by atoms with Gasteiger partial charge in [-0.25, -0.2) is 0 Å². The molecular formula is C7H10O3. The van der Waals surface area contributed by atoms with Crippen molar-refractivity contribution in [3.05, 3.63) is 0 Å². The van der Waals surface area contributed by atoms with Gasteiger partial charge in [-0.15, -0.1) is 0 Å². The number of carboxylic acids is 1. The minimum Gasteiger partial charge on any atom is -0.481 e. The molecule has 1 saturated carbocycles. The van der Waals surface area contributed by atoms with Crippen molar-refractivity contribution < 1.29 is 14.6 Å². The van der Waals surface area contributed by atoms with Gasteiger partial charge in [-0.05, 0) is 18.8 Å². The van der Waals surface area contributed by atoms with Crippen LogP contribution >= 0.6 is 0 Å². The second kappa shape index (κ2) is 1.95. The summed E-state index contributed by atoms with van der Waals surface area (Å²) in [6.45, 7) is 0.763. The highest BCUT2D eigenvalue weighted by Crippen LogP contribution is 2.43. The van der Waals surface area contributed by atoms with E-state index in [0.717, 1.165) is 19.4 Å². The lowest BCUT2D eigenvalue weighted by molar-refractivity contribution is -0.155. The van der Waals surface area contributed by atoms with Crippen LogP contribution in [-0.4, -0.2) is 23.8 Å². The molecule has 0 amide bonds. The van der Waals surface area contributed by atoms with Gasteiger partial charge in [0.1, 0.15) is 0 Å². The highest BCUT2D eigenvalue weighted by Gasteiger charge is 2.48. The molecule has 0 bridgehead atoms. The minimum atomic E-state index is -0.692. The zero-order valence-corrected chi connectivity index (χ0v) is 5.62. The fraction of sp³-hybridized carbons (Fsp3) is 0.857. The molecule has 1 N–H and O–H groups in total. The summed E-state index contributed by atoms with van der Waals surface area (Å²) in [5, 5.41) is 8.60. The van der Waals surface area contributed by atoms with Crippen molar-refractivity contribution in [1.82, 2.24) is 0 Å². The summed E-state index contributed by atoms with van der Waals surface area (Å²) in [7, 11) is 0. The Hall–Kier alpha value is -0.570. The largest absolute Gasteiger partial charge is 0.481 e. The summed E-state index contributed by atoms with van der Waals surface area (Å²) < 4.78 is 5.24. The topological polar surface area (TPSA) is 46.5 Å². The lowest BCUT2D eigenvalue weighted by atomic mass is 9.72. The summed E-state index contributed by atoms with van der Waals surface area (Å²) in [6, 6.07) is 0. The van der Waals surface area contributed by atoms with Crippen molar-refractivity contribution in [3.8, 4) is 0 Å². The fourth-order valence-electron chi connectivity index (χ4n) is 1.86. The van der Waals surface area contributed by atoms with Crippen molar-refractivity contribution in [2.75, 3.05) is 6.61 Å². The summed E-state index contributed by atoms with van der Waals surface area (Å²) in [6.07, 6.45) is 1.95. The monoisotopic (exact) mass is 142 g/mol. The zero-order valence-electron chi connectivity index (χ0n) is 5.62. The van der Waals surface area contributed by atoms with Crippen LogP contribution in [0.1, 0.15) is 12.8 Å². The quantitative estimate of drug-likeness (QED) is 0.579.